The molecule has 0 aromatic heterocycles. The highest BCUT2D eigenvalue weighted by atomic mass is 79.9. The second kappa shape index (κ2) is 7.91. The average molecular weight is 328 g/mol. The summed E-state index contributed by atoms with van der Waals surface area (Å²) in [6, 6.07) is 6.21. The molecular weight excluding hydrogens is 302 g/mol. The highest BCUT2D eigenvalue weighted by Crippen LogP contribution is 2.23. The molecule has 1 aromatic carbocycles. The van der Waals surface area contributed by atoms with Crippen molar-refractivity contribution in [2.45, 2.75) is 59.0 Å². The fraction of sp³-hybridized carbons (Fsp3) is 0.625. The van der Waals surface area contributed by atoms with Gasteiger partial charge >= 0.3 is 0 Å². The maximum absolute atomic E-state index is 5.79. The van der Waals surface area contributed by atoms with Crippen molar-refractivity contribution in [3.8, 4) is 5.75 Å². The van der Waals surface area contributed by atoms with Crippen molar-refractivity contribution in [1.82, 2.24) is 5.32 Å². The first-order chi connectivity index (χ1) is 8.92. The van der Waals surface area contributed by atoms with E-state index in [4.69, 9.17) is 4.74 Å². The van der Waals surface area contributed by atoms with Crippen LogP contribution in [0.2, 0.25) is 0 Å². The summed E-state index contributed by atoms with van der Waals surface area (Å²) in [6.07, 6.45) is 3.58. The normalized spacial score (nSPS) is 11.6. The number of benzene rings is 1. The first-order valence-corrected chi connectivity index (χ1v) is 7.88. The van der Waals surface area contributed by atoms with Crippen molar-refractivity contribution in [3.63, 3.8) is 0 Å². The third-order valence-electron chi connectivity index (χ3n) is 2.84. The molecular formula is C16H26BrNO. The van der Waals surface area contributed by atoms with E-state index in [1.54, 1.807) is 0 Å². The zero-order valence-corrected chi connectivity index (χ0v) is 14.1. The van der Waals surface area contributed by atoms with Crippen LogP contribution >= 0.6 is 15.9 Å². The maximum atomic E-state index is 5.79. The van der Waals surface area contributed by atoms with Crippen molar-refractivity contribution in [3.05, 3.63) is 28.2 Å². The number of rotatable bonds is 7. The Morgan fingerprint density at radius 3 is 2.58 bits per heavy atom. The highest BCUT2D eigenvalue weighted by Gasteiger charge is 2.10. The maximum Gasteiger partial charge on any atom is 0.119 e. The largest absolute Gasteiger partial charge is 0.494 e. The lowest BCUT2D eigenvalue weighted by atomic mass is 10.1. The van der Waals surface area contributed by atoms with Crippen LogP contribution in [0.15, 0.2) is 22.7 Å². The van der Waals surface area contributed by atoms with Gasteiger partial charge in [0.25, 0.3) is 0 Å². The van der Waals surface area contributed by atoms with Gasteiger partial charge in [0.2, 0.25) is 0 Å². The van der Waals surface area contributed by atoms with Crippen LogP contribution in [-0.2, 0) is 6.54 Å². The summed E-state index contributed by atoms with van der Waals surface area (Å²) in [7, 11) is 0. The minimum Gasteiger partial charge on any atom is -0.494 e. The lowest BCUT2D eigenvalue weighted by Gasteiger charge is -2.21. The summed E-state index contributed by atoms with van der Waals surface area (Å²) < 4.78 is 6.92. The Morgan fingerprint density at radius 1 is 1.21 bits per heavy atom. The van der Waals surface area contributed by atoms with E-state index in [-0.39, 0.29) is 5.54 Å². The molecule has 1 aromatic rings. The van der Waals surface area contributed by atoms with Gasteiger partial charge in [-0.15, -0.1) is 0 Å². The summed E-state index contributed by atoms with van der Waals surface area (Å²) in [5, 5.41) is 3.50. The molecule has 0 saturated heterocycles. The summed E-state index contributed by atoms with van der Waals surface area (Å²) in [5.41, 5.74) is 1.36. The molecule has 0 saturated carbocycles. The molecule has 0 unspecified atom stereocenters. The van der Waals surface area contributed by atoms with Crippen molar-refractivity contribution >= 4 is 15.9 Å². The fourth-order valence-corrected chi connectivity index (χ4v) is 2.07. The van der Waals surface area contributed by atoms with Gasteiger partial charge in [0.15, 0.2) is 0 Å². The standard InChI is InChI=1S/C16H26BrNO/c1-5-6-7-10-19-14-8-9-15(17)13(11-14)12-18-16(2,3)4/h8-9,11,18H,5-7,10,12H2,1-4H3. The van der Waals surface area contributed by atoms with E-state index in [0.717, 1.165) is 29.8 Å². The number of halogens is 1. The quantitative estimate of drug-likeness (QED) is 0.718. The molecule has 0 bridgehead atoms. The second-order valence-electron chi connectivity index (χ2n) is 5.91. The third kappa shape index (κ3) is 6.98. The summed E-state index contributed by atoms with van der Waals surface area (Å²) in [5.74, 6) is 0.963. The second-order valence-corrected chi connectivity index (χ2v) is 6.77. The zero-order chi connectivity index (χ0) is 14.3. The molecule has 1 rings (SSSR count). The van der Waals surface area contributed by atoms with E-state index >= 15 is 0 Å². The van der Waals surface area contributed by atoms with Crippen LogP contribution in [0, 0.1) is 0 Å². The minimum absolute atomic E-state index is 0.122. The monoisotopic (exact) mass is 327 g/mol. The van der Waals surface area contributed by atoms with Crippen molar-refractivity contribution in [1.29, 1.82) is 0 Å². The molecule has 0 fully saturated rings. The SMILES string of the molecule is CCCCCOc1ccc(Br)c(CNC(C)(C)C)c1. The van der Waals surface area contributed by atoms with Gasteiger partial charge in [-0.1, -0.05) is 35.7 Å². The lowest BCUT2D eigenvalue weighted by Crippen LogP contribution is -2.35. The van der Waals surface area contributed by atoms with E-state index in [0.29, 0.717) is 0 Å². The van der Waals surface area contributed by atoms with Gasteiger partial charge in [-0.2, -0.15) is 0 Å². The molecule has 0 aliphatic rings. The molecule has 0 spiro atoms. The van der Waals surface area contributed by atoms with E-state index in [1.807, 2.05) is 6.07 Å². The van der Waals surface area contributed by atoms with Gasteiger partial charge in [0, 0.05) is 16.6 Å². The van der Waals surface area contributed by atoms with Crippen LogP contribution in [-0.4, -0.2) is 12.1 Å². The Morgan fingerprint density at radius 2 is 1.95 bits per heavy atom. The molecule has 0 atom stereocenters. The lowest BCUT2D eigenvalue weighted by molar-refractivity contribution is 0.305. The molecule has 0 aliphatic carbocycles. The molecule has 0 aliphatic heterocycles. The summed E-state index contributed by atoms with van der Waals surface area (Å²) >= 11 is 3.60. The number of unbranched alkanes of at least 4 members (excludes halogenated alkanes) is 2. The van der Waals surface area contributed by atoms with E-state index in [1.165, 1.54) is 18.4 Å². The van der Waals surface area contributed by atoms with Gasteiger partial charge in [0.05, 0.1) is 6.61 Å². The van der Waals surface area contributed by atoms with Gasteiger partial charge in [-0.3, -0.25) is 0 Å². The minimum atomic E-state index is 0.122. The summed E-state index contributed by atoms with van der Waals surface area (Å²) in [6.45, 7) is 10.4. The van der Waals surface area contributed by atoms with Gasteiger partial charge < -0.3 is 10.1 Å². The molecule has 19 heavy (non-hydrogen) atoms. The molecule has 2 nitrogen and oxygen atoms in total. The van der Waals surface area contributed by atoms with Crippen molar-refractivity contribution in [2.24, 2.45) is 0 Å². The van der Waals surface area contributed by atoms with Crippen molar-refractivity contribution in [2.75, 3.05) is 6.61 Å². The fourth-order valence-electron chi connectivity index (χ4n) is 1.68. The van der Waals surface area contributed by atoms with Crippen molar-refractivity contribution < 1.29 is 4.74 Å². The van der Waals surface area contributed by atoms with Gasteiger partial charge in [0.1, 0.15) is 5.75 Å². The van der Waals surface area contributed by atoms with E-state index < -0.39 is 0 Å². The number of ether oxygens (including phenoxy) is 1. The first kappa shape index (κ1) is 16.5. The van der Waals surface area contributed by atoms with Gasteiger partial charge in [-0.25, -0.2) is 0 Å². The Bertz CT molecular complexity index is 385. The zero-order valence-electron chi connectivity index (χ0n) is 12.6. The van der Waals surface area contributed by atoms with Crippen LogP contribution in [0.5, 0.6) is 5.75 Å². The number of hydrogen-bond acceptors (Lipinski definition) is 2. The first-order valence-electron chi connectivity index (χ1n) is 7.08. The van der Waals surface area contributed by atoms with Crippen LogP contribution in [0.25, 0.3) is 0 Å². The third-order valence-corrected chi connectivity index (χ3v) is 3.62. The number of hydrogen-bond donors (Lipinski definition) is 1. The van der Waals surface area contributed by atoms with Crippen LogP contribution in [0.4, 0.5) is 0 Å². The smallest absolute Gasteiger partial charge is 0.119 e. The Balaban J connectivity index is 2.56. The molecule has 108 valence electrons. The predicted molar refractivity (Wildman–Crippen MR) is 85.8 cm³/mol. The number of nitrogens with one attached hydrogen (secondary N) is 1. The summed E-state index contributed by atoms with van der Waals surface area (Å²) in [4.78, 5) is 0. The molecule has 1 N–H and O–H groups in total. The predicted octanol–water partition coefficient (Wildman–Crippen LogP) is 4.91. The van der Waals surface area contributed by atoms with Crippen LogP contribution < -0.4 is 10.1 Å². The average Bonchev–Trinajstić information content (AvgIpc) is 2.34. The Hall–Kier alpha value is -0.540. The molecule has 3 heteroatoms. The van der Waals surface area contributed by atoms with Gasteiger partial charge in [-0.05, 0) is 51.0 Å². The Labute approximate surface area is 126 Å². The molecule has 0 radical (unpaired) electrons. The Kier molecular flexibility index (Phi) is 6.87. The topological polar surface area (TPSA) is 21.3 Å². The molecule has 0 amide bonds. The highest BCUT2D eigenvalue weighted by molar-refractivity contribution is 9.10. The van der Waals surface area contributed by atoms with Crippen LogP contribution in [0.3, 0.4) is 0 Å². The van der Waals surface area contributed by atoms with E-state index in [2.05, 4.69) is 61.1 Å². The van der Waals surface area contributed by atoms with E-state index in [9.17, 15) is 0 Å². The van der Waals surface area contributed by atoms with Crippen LogP contribution in [0.1, 0.15) is 52.5 Å². The molecule has 0 heterocycles.